The van der Waals surface area contributed by atoms with Crippen molar-refractivity contribution in [2.75, 3.05) is 12.3 Å². The molecule has 1 aromatic heterocycles. The first kappa shape index (κ1) is 5.31. The van der Waals surface area contributed by atoms with Gasteiger partial charge in [0.2, 0.25) is 5.15 Å². The lowest BCUT2D eigenvalue weighted by Crippen LogP contribution is -1.98. The Morgan fingerprint density at radius 3 is 3.25 bits per heavy atom. The maximum absolute atomic E-state index is 10.6. The fourth-order valence-electron chi connectivity index (χ4n) is 0.703. The number of hydrogen-bond donors (Lipinski definition) is 1. The zero-order valence-corrected chi connectivity index (χ0v) is 6.50. The monoisotopic (exact) mass is 190 g/mol. The van der Waals surface area contributed by atoms with E-state index in [0.717, 1.165) is 0 Å². The molecule has 12 heavy (non-hydrogen) atoms. The molecule has 5 nitrogen and oxygen atoms in total. The molecule has 0 aliphatic heterocycles. The molecule has 6 heteroatoms. The van der Waals surface area contributed by atoms with E-state index in [2.05, 4.69) is 4.98 Å². The summed E-state index contributed by atoms with van der Waals surface area (Å²) < 4.78 is 20.7. The Morgan fingerprint density at radius 1 is 1.92 bits per heavy atom. The number of pyridine rings is 1. The molecular weight excluding hydrogens is 182 g/mol. The minimum atomic E-state index is -2.52. The average molecular weight is 191 g/mol. The van der Waals surface area contributed by atoms with E-state index >= 15 is 0 Å². The van der Waals surface area contributed by atoms with Crippen LogP contribution in [-0.2, 0) is 0 Å². The molecule has 0 aliphatic rings. The van der Waals surface area contributed by atoms with Crippen molar-refractivity contribution in [2.45, 2.75) is 0 Å². The predicted octanol–water partition coefficient (Wildman–Crippen LogP) is 1.68. The zero-order chi connectivity index (χ0) is 11.6. The van der Waals surface area contributed by atoms with Gasteiger partial charge < -0.3 is 5.32 Å². The molecule has 0 spiro atoms. The largest absolute Gasteiger partial charge is 0.382 e. The highest BCUT2D eigenvalue weighted by Crippen LogP contribution is 2.29. The van der Waals surface area contributed by atoms with E-state index in [1.54, 1.807) is 0 Å². The molecule has 0 aliphatic carbocycles. The fourth-order valence-corrected chi connectivity index (χ4v) is 0.930. The second-order valence-corrected chi connectivity index (χ2v) is 2.24. The standard InChI is InChI=1S/C6H6ClN3O2/c1-8-4-2-3-9-6(7)5(4)10(11)12/h2-3H,1H3,(H,8,9)/i1D3. The van der Waals surface area contributed by atoms with Crippen LogP contribution in [0.4, 0.5) is 11.4 Å². The molecule has 0 atom stereocenters. The second-order valence-electron chi connectivity index (χ2n) is 1.88. The second kappa shape index (κ2) is 3.36. The minimum Gasteiger partial charge on any atom is -0.382 e. The smallest absolute Gasteiger partial charge is 0.329 e. The van der Waals surface area contributed by atoms with Gasteiger partial charge in [-0.1, -0.05) is 11.6 Å². The summed E-state index contributed by atoms with van der Waals surface area (Å²) in [5, 5.41) is 12.2. The van der Waals surface area contributed by atoms with Gasteiger partial charge in [-0.3, -0.25) is 10.1 Å². The average Bonchev–Trinajstić information content (AvgIpc) is 1.99. The molecular formula is C6H6ClN3O2. The van der Waals surface area contributed by atoms with Crippen molar-refractivity contribution in [1.29, 1.82) is 0 Å². The molecule has 0 fully saturated rings. The van der Waals surface area contributed by atoms with Crippen LogP contribution in [0.3, 0.4) is 0 Å². The summed E-state index contributed by atoms with van der Waals surface area (Å²) in [6.07, 6.45) is 1.18. The number of aromatic nitrogens is 1. The van der Waals surface area contributed by atoms with Crippen molar-refractivity contribution in [3.63, 3.8) is 0 Å². The van der Waals surface area contributed by atoms with Crippen LogP contribution in [0.25, 0.3) is 0 Å². The molecule has 64 valence electrons. The number of nitro groups is 1. The molecule has 0 radical (unpaired) electrons. The summed E-state index contributed by atoms with van der Waals surface area (Å²) in [5.74, 6) is 0. The molecule has 0 unspecified atom stereocenters. The van der Waals surface area contributed by atoms with E-state index in [1.807, 2.05) is 5.32 Å². The van der Waals surface area contributed by atoms with Gasteiger partial charge in [0.25, 0.3) is 0 Å². The Labute approximate surface area is 77.7 Å². The Bertz CT molecular complexity index is 396. The molecule has 1 N–H and O–H groups in total. The van der Waals surface area contributed by atoms with E-state index in [0.29, 0.717) is 0 Å². The number of halogens is 1. The summed E-state index contributed by atoms with van der Waals surface area (Å²) in [6.45, 7) is -2.52. The van der Waals surface area contributed by atoms with Crippen LogP contribution >= 0.6 is 11.6 Å². The number of rotatable bonds is 2. The van der Waals surface area contributed by atoms with Crippen molar-refractivity contribution >= 4 is 23.0 Å². The molecule has 1 aromatic rings. The van der Waals surface area contributed by atoms with E-state index in [9.17, 15) is 10.1 Å². The summed E-state index contributed by atoms with van der Waals surface area (Å²) in [5.41, 5.74) is -0.727. The van der Waals surface area contributed by atoms with Crippen LogP contribution in [0.2, 0.25) is 5.15 Å². The summed E-state index contributed by atoms with van der Waals surface area (Å²) in [7, 11) is 0. The number of hydrogen-bond acceptors (Lipinski definition) is 4. The lowest BCUT2D eigenvalue weighted by atomic mass is 10.3. The zero-order valence-electron chi connectivity index (χ0n) is 8.74. The third-order valence-electron chi connectivity index (χ3n) is 1.20. The Hall–Kier alpha value is -1.36. The van der Waals surface area contributed by atoms with E-state index in [1.165, 1.54) is 12.3 Å². The van der Waals surface area contributed by atoms with Crippen LogP contribution in [0, 0.1) is 10.1 Å². The SMILES string of the molecule is [2H]C([2H])([2H])Nc1ccnc(Cl)c1[N+](=O)[O-]. The third kappa shape index (κ3) is 1.45. The summed E-state index contributed by atoms with van der Waals surface area (Å²) in [6, 6.07) is 1.18. The van der Waals surface area contributed by atoms with Crippen molar-refractivity contribution in [3.8, 4) is 0 Å². The first-order valence-electron chi connectivity index (χ1n) is 4.38. The Balaban J connectivity index is 3.18. The van der Waals surface area contributed by atoms with Gasteiger partial charge in [-0.05, 0) is 6.07 Å². The van der Waals surface area contributed by atoms with Gasteiger partial charge in [-0.2, -0.15) is 0 Å². The van der Waals surface area contributed by atoms with Gasteiger partial charge >= 0.3 is 5.69 Å². The third-order valence-corrected chi connectivity index (χ3v) is 1.47. The van der Waals surface area contributed by atoms with Gasteiger partial charge in [-0.25, -0.2) is 4.98 Å². The first-order valence-corrected chi connectivity index (χ1v) is 3.26. The number of nitrogens with one attached hydrogen (secondary N) is 1. The molecule has 1 heterocycles. The van der Waals surface area contributed by atoms with Crippen LogP contribution in [0.5, 0.6) is 0 Å². The Kier molecular flexibility index (Phi) is 1.49. The quantitative estimate of drug-likeness (QED) is 0.438. The van der Waals surface area contributed by atoms with Crippen molar-refractivity contribution < 1.29 is 9.04 Å². The van der Waals surface area contributed by atoms with Crippen LogP contribution < -0.4 is 5.32 Å². The predicted molar refractivity (Wildman–Crippen MR) is 45.4 cm³/mol. The Morgan fingerprint density at radius 2 is 2.67 bits per heavy atom. The first-order chi connectivity index (χ1) is 6.81. The molecule has 0 amide bonds. The van der Waals surface area contributed by atoms with Crippen molar-refractivity contribution in [2.24, 2.45) is 0 Å². The highest BCUT2D eigenvalue weighted by atomic mass is 35.5. The van der Waals surface area contributed by atoms with Gasteiger partial charge in [-0.15, -0.1) is 0 Å². The topological polar surface area (TPSA) is 68.1 Å². The van der Waals surface area contributed by atoms with Gasteiger partial charge in [0, 0.05) is 17.3 Å². The van der Waals surface area contributed by atoms with Gasteiger partial charge in [0.1, 0.15) is 5.69 Å². The van der Waals surface area contributed by atoms with Crippen LogP contribution in [0.1, 0.15) is 4.11 Å². The van der Waals surface area contributed by atoms with E-state index in [-0.39, 0.29) is 10.8 Å². The summed E-state index contributed by atoms with van der Waals surface area (Å²) in [4.78, 5) is 13.3. The maximum atomic E-state index is 10.6. The normalized spacial score (nSPS) is 14.2. The lowest BCUT2D eigenvalue weighted by Gasteiger charge is -2.00. The highest BCUT2D eigenvalue weighted by Gasteiger charge is 2.18. The van der Waals surface area contributed by atoms with E-state index < -0.39 is 17.6 Å². The van der Waals surface area contributed by atoms with Crippen LogP contribution in [0.15, 0.2) is 12.3 Å². The molecule has 0 aromatic carbocycles. The van der Waals surface area contributed by atoms with Crippen LogP contribution in [-0.4, -0.2) is 16.9 Å². The lowest BCUT2D eigenvalue weighted by molar-refractivity contribution is -0.384. The highest BCUT2D eigenvalue weighted by molar-refractivity contribution is 6.32. The molecule has 1 rings (SSSR count). The van der Waals surface area contributed by atoms with Crippen molar-refractivity contribution in [3.05, 3.63) is 27.5 Å². The number of nitrogens with zero attached hydrogens (tertiary/aromatic N) is 2. The fraction of sp³-hybridized carbons (Fsp3) is 0.167. The van der Waals surface area contributed by atoms with Gasteiger partial charge in [0.15, 0.2) is 0 Å². The van der Waals surface area contributed by atoms with Crippen molar-refractivity contribution in [1.82, 2.24) is 4.98 Å². The maximum Gasteiger partial charge on any atom is 0.329 e. The summed E-state index contributed by atoms with van der Waals surface area (Å²) >= 11 is 5.48. The molecule has 0 saturated carbocycles. The van der Waals surface area contributed by atoms with Gasteiger partial charge in [0.05, 0.1) is 4.92 Å². The molecule has 0 saturated heterocycles. The molecule has 0 bridgehead atoms. The number of anilines is 1. The van der Waals surface area contributed by atoms with E-state index in [4.69, 9.17) is 15.7 Å². The minimum absolute atomic E-state index is 0.181.